The van der Waals surface area contributed by atoms with Crippen molar-refractivity contribution in [2.75, 3.05) is 51.3 Å². The van der Waals surface area contributed by atoms with Crippen molar-refractivity contribution in [1.82, 2.24) is 20.0 Å². The molecule has 0 bridgehead atoms. The van der Waals surface area contributed by atoms with E-state index in [2.05, 4.69) is 36.3 Å². The molecular formula is C27H35N5O7. The molecule has 12 nitrogen and oxygen atoms in total. The summed E-state index contributed by atoms with van der Waals surface area (Å²) in [5.41, 5.74) is 0.858. The highest BCUT2D eigenvalue weighted by molar-refractivity contribution is 6.25. The zero-order chi connectivity index (χ0) is 28.1. The van der Waals surface area contributed by atoms with E-state index in [0.29, 0.717) is 32.0 Å². The van der Waals surface area contributed by atoms with Crippen molar-refractivity contribution < 1.29 is 33.8 Å². The van der Waals surface area contributed by atoms with Gasteiger partial charge in [-0.25, -0.2) is 4.79 Å². The molecule has 1 spiro atoms. The Bertz CT molecular complexity index is 1220. The Kier molecular flexibility index (Phi) is 6.88. The second-order valence-corrected chi connectivity index (χ2v) is 12.0. The summed E-state index contributed by atoms with van der Waals surface area (Å²) in [6.07, 6.45) is -0.670. The first-order valence-corrected chi connectivity index (χ1v) is 13.3. The Morgan fingerprint density at radius 1 is 1.13 bits per heavy atom. The molecule has 3 fully saturated rings. The van der Waals surface area contributed by atoms with Crippen molar-refractivity contribution in [3.8, 4) is 0 Å². The Balaban J connectivity index is 1.08. The van der Waals surface area contributed by atoms with E-state index in [1.165, 1.54) is 0 Å². The zero-order valence-electron chi connectivity index (χ0n) is 22.5. The van der Waals surface area contributed by atoms with E-state index in [0.717, 1.165) is 24.5 Å². The number of rotatable bonds is 8. The van der Waals surface area contributed by atoms with Gasteiger partial charge in [-0.05, 0) is 24.0 Å². The number of carbonyl (C=O) groups excluding carboxylic acids is 4. The van der Waals surface area contributed by atoms with E-state index in [1.807, 2.05) is 0 Å². The van der Waals surface area contributed by atoms with Gasteiger partial charge in [-0.3, -0.25) is 34.3 Å². The number of hydrogen-bond acceptors (Lipinski definition) is 8. The summed E-state index contributed by atoms with van der Waals surface area (Å²) in [6.45, 7) is 10.6. The molecule has 3 saturated heterocycles. The quantitative estimate of drug-likeness (QED) is 0.326. The van der Waals surface area contributed by atoms with Crippen LogP contribution in [0.1, 0.15) is 54.3 Å². The van der Waals surface area contributed by atoms with Crippen molar-refractivity contribution in [2.45, 2.75) is 45.7 Å². The van der Waals surface area contributed by atoms with Crippen molar-refractivity contribution in [2.24, 2.45) is 10.8 Å². The van der Waals surface area contributed by atoms with Gasteiger partial charge in [-0.15, -0.1) is 0 Å². The van der Waals surface area contributed by atoms with Crippen LogP contribution in [-0.2, 0) is 14.3 Å². The van der Waals surface area contributed by atoms with E-state index >= 15 is 0 Å². The monoisotopic (exact) mass is 541 g/mol. The minimum absolute atomic E-state index is 0.0111. The topological polar surface area (TPSA) is 149 Å². The van der Waals surface area contributed by atoms with Crippen molar-refractivity contribution in [1.29, 1.82) is 0 Å². The van der Waals surface area contributed by atoms with Crippen LogP contribution in [0.2, 0.25) is 0 Å². The predicted octanol–water partition coefficient (Wildman–Crippen LogP) is 1.23. The summed E-state index contributed by atoms with van der Waals surface area (Å²) < 4.78 is 5.79. The van der Waals surface area contributed by atoms with E-state index in [-0.39, 0.29) is 40.8 Å². The summed E-state index contributed by atoms with van der Waals surface area (Å²) in [7, 11) is 0. The van der Waals surface area contributed by atoms with Crippen LogP contribution in [0.4, 0.5) is 10.5 Å². The second-order valence-electron chi connectivity index (χ2n) is 12.0. The fourth-order valence-electron chi connectivity index (χ4n) is 6.79. The molecule has 1 aromatic rings. The molecule has 1 aromatic carbocycles. The maximum absolute atomic E-state index is 13.2. The molecule has 210 valence electrons. The lowest BCUT2D eigenvalue weighted by atomic mass is 9.58. The largest absolute Gasteiger partial charge is 0.465 e. The number of carbonyl (C=O) groups is 5. The highest BCUT2D eigenvalue weighted by Gasteiger charge is 2.63. The predicted molar refractivity (Wildman–Crippen MR) is 139 cm³/mol. The molecule has 39 heavy (non-hydrogen) atoms. The number of fused-ring (bicyclic) bond motifs is 1. The number of nitrogens with zero attached hydrogens (tertiary/aromatic N) is 3. The summed E-state index contributed by atoms with van der Waals surface area (Å²) in [6, 6.07) is 3.96. The fraction of sp³-hybridized carbons (Fsp3) is 0.593. The average Bonchev–Trinajstić information content (AvgIpc) is 3.05. The molecule has 3 N–H and O–H groups in total. The average molecular weight is 542 g/mol. The van der Waals surface area contributed by atoms with E-state index in [9.17, 15) is 29.1 Å². The van der Waals surface area contributed by atoms with Gasteiger partial charge in [-0.2, -0.15) is 0 Å². The molecule has 5 rings (SSSR count). The summed E-state index contributed by atoms with van der Waals surface area (Å²) in [5.74, 6) is -2.14. The van der Waals surface area contributed by atoms with Crippen LogP contribution < -0.4 is 10.6 Å². The number of amides is 5. The zero-order valence-corrected chi connectivity index (χ0v) is 22.5. The van der Waals surface area contributed by atoms with Crippen molar-refractivity contribution in [3.63, 3.8) is 0 Å². The van der Waals surface area contributed by atoms with Crippen LogP contribution in [0.15, 0.2) is 18.2 Å². The van der Waals surface area contributed by atoms with Gasteiger partial charge >= 0.3 is 6.09 Å². The molecule has 4 heterocycles. The highest BCUT2D eigenvalue weighted by Crippen LogP contribution is 2.52. The van der Waals surface area contributed by atoms with Crippen molar-refractivity contribution in [3.05, 3.63) is 29.3 Å². The Morgan fingerprint density at radius 2 is 1.87 bits per heavy atom. The lowest BCUT2D eigenvalue weighted by molar-refractivity contribution is -0.185. The molecule has 0 saturated carbocycles. The SMILES string of the molecule is CC(C)(C)C1N(C(=O)O)CC12CN(CCOCCNc1cccc3c1C(=O)N(C1CCC(=O)NC1=O)C3=O)C2. The third-order valence-corrected chi connectivity index (χ3v) is 8.10. The standard InChI is InChI=1S/C27H35N5O7/c1-26(2,3)24-27(15-31(24)25(37)38)13-30(14-27)10-12-39-11-9-28-17-6-4-5-16-20(17)23(36)32(22(16)35)18-7-8-19(33)29-21(18)34/h4-6,18,24,28H,7-15H2,1-3H3,(H,37,38)(H,29,33,34). The van der Waals surface area contributed by atoms with Gasteiger partial charge in [-0.1, -0.05) is 26.8 Å². The highest BCUT2D eigenvalue weighted by atomic mass is 16.5. The lowest BCUT2D eigenvalue weighted by Crippen LogP contribution is -2.80. The number of nitrogens with one attached hydrogen (secondary N) is 2. The van der Waals surface area contributed by atoms with Crippen LogP contribution in [-0.4, -0.2) is 108 Å². The van der Waals surface area contributed by atoms with Gasteiger partial charge < -0.3 is 20.1 Å². The second kappa shape index (κ2) is 9.91. The van der Waals surface area contributed by atoms with Crippen LogP contribution in [0.25, 0.3) is 0 Å². The van der Waals surface area contributed by atoms with Crippen LogP contribution in [0.3, 0.4) is 0 Å². The van der Waals surface area contributed by atoms with Gasteiger partial charge in [0.25, 0.3) is 11.8 Å². The van der Waals surface area contributed by atoms with E-state index in [4.69, 9.17) is 4.74 Å². The first kappa shape index (κ1) is 27.1. The molecule has 2 atom stereocenters. The Morgan fingerprint density at radius 3 is 2.54 bits per heavy atom. The van der Waals surface area contributed by atoms with E-state index < -0.39 is 35.8 Å². The van der Waals surface area contributed by atoms with Gasteiger partial charge in [0.05, 0.1) is 24.3 Å². The Hall–Kier alpha value is -3.51. The van der Waals surface area contributed by atoms with Gasteiger partial charge in [0.2, 0.25) is 11.8 Å². The first-order valence-electron chi connectivity index (χ1n) is 13.3. The fourth-order valence-corrected chi connectivity index (χ4v) is 6.79. The minimum Gasteiger partial charge on any atom is -0.465 e. The number of anilines is 1. The third-order valence-electron chi connectivity index (χ3n) is 8.10. The maximum atomic E-state index is 13.2. The Labute approximate surface area is 226 Å². The maximum Gasteiger partial charge on any atom is 0.407 e. The minimum atomic E-state index is -1.00. The molecule has 4 aliphatic heterocycles. The molecular weight excluding hydrogens is 506 g/mol. The molecule has 0 aromatic heterocycles. The lowest BCUT2D eigenvalue weighted by Gasteiger charge is -2.68. The van der Waals surface area contributed by atoms with Gasteiger partial charge in [0.15, 0.2) is 0 Å². The normalized spacial score (nSPS) is 24.4. The molecule has 0 aliphatic carbocycles. The first-order chi connectivity index (χ1) is 18.4. The number of hydrogen-bond donors (Lipinski definition) is 3. The molecule has 0 radical (unpaired) electrons. The third kappa shape index (κ3) is 4.76. The number of piperidine rings is 1. The van der Waals surface area contributed by atoms with Crippen LogP contribution >= 0.6 is 0 Å². The summed E-state index contributed by atoms with van der Waals surface area (Å²) >= 11 is 0. The smallest absolute Gasteiger partial charge is 0.407 e. The summed E-state index contributed by atoms with van der Waals surface area (Å²) in [4.78, 5) is 66.2. The van der Waals surface area contributed by atoms with Gasteiger partial charge in [0.1, 0.15) is 6.04 Å². The number of imide groups is 2. The number of carboxylic acid groups (broad SMARTS) is 1. The summed E-state index contributed by atoms with van der Waals surface area (Å²) in [5, 5.41) is 14.9. The molecule has 12 heteroatoms. The van der Waals surface area contributed by atoms with E-state index in [1.54, 1.807) is 23.1 Å². The van der Waals surface area contributed by atoms with Crippen LogP contribution in [0, 0.1) is 10.8 Å². The molecule has 5 amide bonds. The molecule has 4 aliphatic rings. The van der Waals surface area contributed by atoms with Gasteiger partial charge in [0, 0.05) is 56.3 Å². The van der Waals surface area contributed by atoms with Crippen LogP contribution in [0.5, 0.6) is 0 Å². The number of likely N-dealkylation sites (tertiary alicyclic amines) is 2. The number of ether oxygens (including phenoxy) is 1. The molecule has 2 unspecified atom stereocenters. The van der Waals surface area contributed by atoms with Crippen molar-refractivity contribution >= 4 is 35.4 Å². The number of benzene rings is 1.